The topological polar surface area (TPSA) is 171 Å². The lowest BCUT2D eigenvalue weighted by atomic mass is 10.1. The van der Waals surface area contributed by atoms with Crippen LogP contribution in [0, 0.1) is 6.92 Å². The normalized spacial score (nSPS) is 12.3. The minimum Gasteiger partial charge on any atom is -0.477 e. The molecular weight excluding hydrogens is 585 g/mol. The zero-order valence-corrected chi connectivity index (χ0v) is 22.8. The maximum atomic E-state index is 13.2. The third kappa shape index (κ3) is 7.02. The Morgan fingerprint density at radius 3 is 2.31 bits per heavy atom. The number of thiazole rings is 1. The largest absolute Gasteiger partial charge is 0.477 e. The summed E-state index contributed by atoms with van der Waals surface area (Å²) in [7, 11) is -3.71. The zero-order chi connectivity index (χ0) is 29.3. The third-order valence-corrected chi connectivity index (χ3v) is 8.47. The highest BCUT2D eigenvalue weighted by molar-refractivity contribution is 7.91. The monoisotopic (exact) mass is 605 g/mol. The molecule has 0 fully saturated rings. The molecule has 0 bridgehead atoms. The molecule has 0 unspecified atom stereocenters. The predicted octanol–water partition coefficient (Wildman–Crippen LogP) is 4.95. The number of nitrogens with zero attached hydrogens (tertiary/aromatic N) is 4. The number of aromatic nitrogens is 4. The Labute approximate surface area is 229 Å². The summed E-state index contributed by atoms with van der Waals surface area (Å²) in [6.45, 7) is 4.37. The van der Waals surface area contributed by atoms with E-state index in [-0.39, 0.29) is 27.3 Å². The van der Waals surface area contributed by atoms with Crippen molar-refractivity contribution in [2.45, 2.75) is 36.7 Å². The Morgan fingerprint density at radius 1 is 1.21 bits per heavy atom. The van der Waals surface area contributed by atoms with E-state index in [1.807, 2.05) is 0 Å². The number of aryl methyl sites for hydroxylation is 1. The molecule has 1 aromatic carbocycles. The van der Waals surface area contributed by atoms with Gasteiger partial charge in [0, 0.05) is 10.6 Å². The van der Waals surface area contributed by atoms with Gasteiger partial charge in [-0.15, -0.1) is 11.3 Å². The summed E-state index contributed by atoms with van der Waals surface area (Å²) in [4.78, 5) is 18.9. The van der Waals surface area contributed by atoms with E-state index in [2.05, 4.69) is 19.8 Å². The number of alkyl halides is 3. The second-order valence-electron chi connectivity index (χ2n) is 8.67. The van der Waals surface area contributed by atoms with E-state index in [0.717, 1.165) is 23.6 Å². The first-order chi connectivity index (χ1) is 17.9. The SMILES string of the molecule is Cc1nc([NH-])sc1S(=O)(=O)NC(C)(C)CO.O=C(O)c1cnn2c(C(F)(F)F)cc(-c3ccc(Cl)cc3)nc12. The summed E-state index contributed by atoms with van der Waals surface area (Å²) in [5, 5.41) is 21.9. The van der Waals surface area contributed by atoms with Crippen LogP contribution in [-0.2, 0) is 16.2 Å². The van der Waals surface area contributed by atoms with Gasteiger partial charge < -0.3 is 20.9 Å². The van der Waals surface area contributed by atoms with Crippen molar-refractivity contribution in [2.75, 3.05) is 6.61 Å². The van der Waals surface area contributed by atoms with Crippen LogP contribution in [0.15, 0.2) is 40.7 Å². The van der Waals surface area contributed by atoms with Crippen molar-refractivity contribution in [3.63, 3.8) is 0 Å². The molecule has 4 rings (SSSR count). The zero-order valence-electron chi connectivity index (χ0n) is 20.4. The maximum absolute atomic E-state index is 13.2. The summed E-state index contributed by atoms with van der Waals surface area (Å²) in [5.74, 6) is -1.41. The van der Waals surface area contributed by atoms with E-state index in [1.54, 1.807) is 13.8 Å². The second-order valence-corrected chi connectivity index (χ2v) is 12.0. The number of fused-ring (bicyclic) bond motifs is 1. The predicted molar refractivity (Wildman–Crippen MR) is 138 cm³/mol. The lowest BCUT2D eigenvalue weighted by Crippen LogP contribution is -2.46. The number of benzene rings is 1. The number of hydrogen-bond acceptors (Lipinski definition) is 8. The Bertz CT molecular complexity index is 1620. The second kappa shape index (κ2) is 11.1. The lowest BCUT2D eigenvalue weighted by molar-refractivity contribution is -0.142. The van der Waals surface area contributed by atoms with E-state index < -0.39 is 39.0 Å². The van der Waals surface area contributed by atoms with Crippen molar-refractivity contribution in [3.05, 3.63) is 64.2 Å². The smallest absolute Gasteiger partial charge is 0.433 e. The molecule has 0 saturated carbocycles. The molecule has 11 nitrogen and oxygen atoms in total. The number of halogens is 4. The number of carboxylic acid groups (broad SMARTS) is 1. The Hall–Kier alpha value is -3.31. The van der Waals surface area contributed by atoms with Gasteiger partial charge in [0.1, 0.15) is 9.77 Å². The van der Waals surface area contributed by atoms with Crippen molar-refractivity contribution < 1.29 is 36.6 Å². The molecular formula is C22H21ClF3N6O5S2-. The van der Waals surface area contributed by atoms with Gasteiger partial charge in [-0.05, 0) is 49.8 Å². The fourth-order valence-corrected chi connectivity index (χ4v) is 5.96. The highest BCUT2D eigenvalue weighted by Gasteiger charge is 2.36. The summed E-state index contributed by atoms with van der Waals surface area (Å²) in [5.41, 5.74) is 5.10. The molecule has 0 radical (unpaired) electrons. The van der Waals surface area contributed by atoms with Crippen molar-refractivity contribution in [2.24, 2.45) is 0 Å². The molecule has 0 amide bonds. The third-order valence-electron chi connectivity index (χ3n) is 4.94. The summed E-state index contributed by atoms with van der Waals surface area (Å²) in [6.07, 6.45) is -3.88. The van der Waals surface area contributed by atoms with E-state index in [0.29, 0.717) is 20.8 Å². The van der Waals surface area contributed by atoms with Gasteiger partial charge in [-0.3, -0.25) is 0 Å². The Kier molecular flexibility index (Phi) is 8.57. The summed E-state index contributed by atoms with van der Waals surface area (Å²) < 4.78 is 66.4. The molecule has 0 aliphatic heterocycles. The average molecular weight is 606 g/mol. The minimum atomic E-state index is -4.72. The van der Waals surface area contributed by atoms with Crippen LogP contribution in [0.1, 0.15) is 35.6 Å². The molecule has 0 spiro atoms. The van der Waals surface area contributed by atoms with Gasteiger partial charge in [-0.25, -0.2) is 27.4 Å². The van der Waals surface area contributed by atoms with Crippen molar-refractivity contribution in [1.29, 1.82) is 0 Å². The molecule has 17 heteroatoms. The van der Waals surface area contributed by atoms with Crippen LogP contribution in [0.4, 0.5) is 18.3 Å². The number of nitrogens with one attached hydrogen (secondary N) is 2. The molecule has 3 aromatic heterocycles. The number of carbonyl (C=O) groups is 1. The fraction of sp³-hybridized carbons (Fsp3) is 0.273. The quantitative estimate of drug-likeness (QED) is 0.277. The molecule has 210 valence electrons. The lowest BCUT2D eigenvalue weighted by Gasteiger charge is -2.22. The number of aromatic carboxylic acids is 1. The maximum Gasteiger partial charge on any atom is 0.433 e. The fourth-order valence-electron chi connectivity index (χ4n) is 3.16. The van der Waals surface area contributed by atoms with Crippen LogP contribution in [0.3, 0.4) is 0 Å². The van der Waals surface area contributed by atoms with Crippen molar-refractivity contribution >= 4 is 49.7 Å². The van der Waals surface area contributed by atoms with Gasteiger partial charge >= 0.3 is 12.1 Å². The number of hydrogen-bond donors (Lipinski definition) is 3. The molecule has 3 heterocycles. The average Bonchev–Trinajstić information content (AvgIpc) is 3.41. The molecule has 4 N–H and O–H groups in total. The van der Waals surface area contributed by atoms with E-state index >= 15 is 0 Å². The van der Waals surface area contributed by atoms with Crippen LogP contribution < -0.4 is 4.72 Å². The molecule has 39 heavy (non-hydrogen) atoms. The number of carboxylic acids is 1. The van der Waals surface area contributed by atoms with Crippen LogP contribution in [0.25, 0.3) is 22.6 Å². The highest BCUT2D eigenvalue weighted by Crippen LogP contribution is 2.33. The van der Waals surface area contributed by atoms with Crippen LogP contribution in [0.2, 0.25) is 5.02 Å². The molecule has 0 aliphatic carbocycles. The number of rotatable bonds is 6. The standard InChI is InChI=1S/C14H7ClF3N3O2.C8H14N3O3S2/c15-8-3-1-7(2-4-8)10-5-11(14(16,17)18)21-12(20-10)9(6-19-21)13(22)23;1-5-6(15-7(9)10-5)16(13,14)11-8(2,3)4-12/h1-6H,(H,22,23);11-12H,4H2,1-3H3,(H-,9,10)/q;-1. The van der Waals surface area contributed by atoms with Crippen molar-refractivity contribution in [3.8, 4) is 11.3 Å². The first-order valence-electron chi connectivity index (χ1n) is 10.7. The van der Waals surface area contributed by atoms with Crippen LogP contribution >= 0.6 is 22.9 Å². The first kappa shape index (κ1) is 30.2. The van der Waals surface area contributed by atoms with E-state index in [9.17, 15) is 26.4 Å². The number of aliphatic hydroxyl groups excluding tert-OH is 1. The highest BCUT2D eigenvalue weighted by atomic mass is 35.5. The molecule has 0 atom stereocenters. The number of sulfonamides is 1. The Morgan fingerprint density at radius 2 is 1.82 bits per heavy atom. The minimum absolute atomic E-state index is 0.0236. The van der Waals surface area contributed by atoms with Gasteiger partial charge in [-0.2, -0.15) is 18.3 Å². The van der Waals surface area contributed by atoms with Crippen LogP contribution in [0.5, 0.6) is 0 Å². The van der Waals surface area contributed by atoms with Gasteiger partial charge in [0.25, 0.3) is 10.0 Å². The van der Waals surface area contributed by atoms with Gasteiger partial charge in [0.2, 0.25) is 0 Å². The van der Waals surface area contributed by atoms with E-state index in [1.165, 1.54) is 31.2 Å². The Balaban J connectivity index is 0.000000231. The van der Waals surface area contributed by atoms with Gasteiger partial charge in [-0.1, -0.05) is 23.7 Å². The van der Waals surface area contributed by atoms with Gasteiger partial charge in [0.15, 0.2) is 11.3 Å². The molecule has 4 aromatic rings. The number of aliphatic hydroxyl groups is 1. The first-order valence-corrected chi connectivity index (χ1v) is 13.4. The van der Waals surface area contributed by atoms with Crippen LogP contribution in [-0.4, -0.2) is 56.3 Å². The van der Waals surface area contributed by atoms with E-state index in [4.69, 9.17) is 27.5 Å². The molecule has 0 aliphatic rings. The van der Waals surface area contributed by atoms with Gasteiger partial charge in [0.05, 0.1) is 24.0 Å². The summed E-state index contributed by atoms with van der Waals surface area (Å²) in [6, 6.07) is 6.82. The van der Waals surface area contributed by atoms with Crippen molar-refractivity contribution in [1.82, 2.24) is 24.3 Å². The molecule has 0 saturated heterocycles. The summed E-state index contributed by atoms with van der Waals surface area (Å²) >= 11 is 6.55.